The molecule has 1 aliphatic heterocycles. The van der Waals surface area contributed by atoms with Crippen LogP contribution in [-0.2, 0) is 36.4 Å². The van der Waals surface area contributed by atoms with Crippen molar-refractivity contribution in [2.45, 2.75) is 31.8 Å². The number of hydrogen-bond acceptors (Lipinski definition) is 12. The molecule has 5 atom stereocenters. The van der Waals surface area contributed by atoms with E-state index in [1.807, 2.05) is 0 Å². The highest BCUT2D eigenvalue weighted by molar-refractivity contribution is 7.66. The van der Waals surface area contributed by atoms with Gasteiger partial charge in [0.2, 0.25) is 0 Å². The smallest absolute Gasteiger partial charge is 0.382 e. The van der Waals surface area contributed by atoms with Crippen molar-refractivity contribution in [3.8, 4) is 11.8 Å². The van der Waals surface area contributed by atoms with E-state index in [1.165, 1.54) is 13.1 Å². The molecule has 1 aromatic heterocycles. The van der Waals surface area contributed by atoms with E-state index in [9.17, 15) is 23.4 Å². The molecule has 0 spiro atoms. The number of anilines is 1. The van der Waals surface area contributed by atoms with Gasteiger partial charge in [0.1, 0.15) is 24.3 Å². The lowest BCUT2D eigenvalue weighted by atomic mass is 10.2. The van der Waals surface area contributed by atoms with Crippen LogP contribution in [0.1, 0.15) is 25.1 Å². The summed E-state index contributed by atoms with van der Waals surface area (Å²) in [5, 5.41) is 0. The predicted molar refractivity (Wildman–Crippen MR) is 103 cm³/mol. The Hall–Kier alpha value is -1.47. The van der Waals surface area contributed by atoms with Gasteiger partial charge in [-0.05, 0) is 6.92 Å². The Morgan fingerprint density at radius 1 is 1.25 bits per heavy atom. The van der Waals surface area contributed by atoms with Gasteiger partial charge in [0.25, 0.3) is 0 Å². The van der Waals surface area contributed by atoms with E-state index in [4.69, 9.17) is 35.9 Å². The molecule has 2 rings (SSSR count). The third-order valence-electron chi connectivity index (χ3n) is 3.72. The topological polar surface area (TPSA) is 265 Å². The first-order valence-corrected chi connectivity index (χ1v) is 12.8. The quantitative estimate of drug-likeness (QED) is 0.131. The summed E-state index contributed by atoms with van der Waals surface area (Å²) in [5.41, 5.74) is 5.07. The van der Waals surface area contributed by atoms with Crippen molar-refractivity contribution >= 4 is 29.3 Å². The van der Waals surface area contributed by atoms with E-state index in [2.05, 4.69) is 30.0 Å². The van der Waals surface area contributed by atoms with Crippen molar-refractivity contribution in [2.24, 2.45) is 5.90 Å². The Bertz CT molecular complexity index is 1110. The number of aromatic nitrogens is 2. The fraction of sp³-hybridized carbons (Fsp3) is 0.500. The summed E-state index contributed by atoms with van der Waals surface area (Å²) in [5.74, 6) is 10.3. The fourth-order valence-corrected chi connectivity index (χ4v) is 5.58. The molecule has 8 N–H and O–H groups in total. The van der Waals surface area contributed by atoms with Gasteiger partial charge in [0, 0.05) is 12.6 Å². The zero-order valence-corrected chi connectivity index (χ0v) is 18.8. The van der Waals surface area contributed by atoms with Crippen LogP contribution in [-0.4, -0.2) is 47.9 Å². The van der Waals surface area contributed by atoms with Crippen LogP contribution in [0.25, 0.3) is 0 Å². The highest BCUT2D eigenvalue weighted by atomic mass is 31.3. The summed E-state index contributed by atoms with van der Waals surface area (Å²) in [7, 11) is -16.6. The second-order valence-corrected chi connectivity index (χ2v) is 10.5. The number of phosphoric acid groups is 3. The van der Waals surface area contributed by atoms with E-state index in [0.717, 1.165) is 4.57 Å². The molecule has 180 valence electrons. The Morgan fingerprint density at radius 3 is 2.47 bits per heavy atom. The van der Waals surface area contributed by atoms with Gasteiger partial charge in [-0.1, -0.05) is 5.92 Å². The summed E-state index contributed by atoms with van der Waals surface area (Å²) in [6, 6.07) is 0. The van der Waals surface area contributed by atoms with Crippen LogP contribution in [0, 0.1) is 11.8 Å². The molecule has 1 fully saturated rings. The van der Waals surface area contributed by atoms with Crippen molar-refractivity contribution in [3.05, 3.63) is 22.2 Å². The minimum Gasteiger partial charge on any atom is -0.382 e. The van der Waals surface area contributed by atoms with E-state index >= 15 is 0 Å². The van der Waals surface area contributed by atoms with Crippen molar-refractivity contribution < 1.29 is 56.0 Å². The fourth-order valence-electron chi connectivity index (χ4n) is 2.55. The molecule has 2 heterocycles. The number of nitrogen functional groups attached to an aromatic ring is 1. The molecule has 32 heavy (non-hydrogen) atoms. The molecule has 0 radical (unpaired) electrons. The lowest BCUT2D eigenvalue weighted by molar-refractivity contribution is -0.0618. The molecule has 0 saturated carbocycles. The molecule has 17 nitrogen and oxygen atoms in total. The number of rotatable bonds is 9. The van der Waals surface area contributed by atoms with Crippen molar-refractivity contribution in [2.75, 3.05) is 12.3 Å². The van der Waals surface area contributed by atoms with Crippen LogP contribution >= 0.6 is 23.5 Å². The molecule has 1 aliphatic rings. The van der Waals surface area contributed by atoms with E-state index < -0.39 is 54.2 Å². The van der Waals surface area contributed by atoms with Crippen molar-refractivity contribution in [1.29, 1.82) is 0 Å². The van der Waals surface area contributed by atoms with Crippen LogP contribution in [0.15, 0.2) is 11.0 Å². The average molecular weight is 520 g/mol. The van der Waals surface area contributed by atoms with Crippen molar-refractivity contribution in [3.63, 3.8) is 0 Å². The first kappa shape index (κ1) is 26.8. The Labute approximate surface area is 179 Å². The number of phosphoric ester groups is 1. The van der Waals surface area contributed by atoms with Gasteiger partial charge in [-0.15, -0.1) is 5.92 Å². The third-order valence-corrected chi connectivity index (χ3v) is 7.53. The van der Waals surface area contributed by atoms with Gasteiger partial charge in [-0.2, -0.15) is 13.6 Å². The molecule has 1 aromatic rings. The zero-order valence-electron chi connectivity index (χ0n) is 16.1. The standard InChI is InChI=1S/C12H19N4O13P3/c1-2-3-7-5-16(12(17)15-11(7)13)10-4-8(27-14)9(26-10)6-25-31(21,22)29-32(23,24)28-30(18,19)20/h5,8-10H,4,6,14H2,1H3,(H,21,22)(H,23,24)(H2,13,15,17)(H2,18,19,20)/t8?,9-,10-/m1/s1. The number of hydrogen-bond donors (Lipinski definition) is 6. The highest BCUT2D eigenvalue weighted by Crippen LogP contribution is 2.66. The summed E-state index contributed by atoms with van der Waals surface area (Å²) in [6.45, 7) is 0.721. The summed E-state index contributed by atoms with van der Waals surface area (Å²) in [6.07, 6.45) is -1.98. The SMILES string of the molecule is CC#Cc1cn([C@H]2CC(ON)[C@@H](COP(=O)(O)OP(=O)(O)OP(=O)(O)O)O2)c(=O)nc1N. The zero-order chi connectivity index (χ0) is 24.3. The Balaban J connectivity index is 2.12. The molecule has 1 saturated heterocycles. The van der Waals surface area contributed by atoms with Crippen LogP contribution in [0.5, 0.6) is 0 Å². The minimum atomic E-state index is -5.68. The molecule has 0 bridgehead atoms. The maximum absolute atomic E-state index is 12.2. The van der Waals surface area contributed by atoms with Gasteiger partial charge in [-0.25, -0.2) is 24.4 Å². The summed E-state index contributed by atoms with van der Waals surface area (Å²) < 4.78 is 52.1. The van der Waals surface area contributed by atoms with Crippen molar-refractivity contribution in [1.82, 2.24) is 9.55 Å². The van der Waals surface area contributed by atoms with Gasteiger partial charge in [0.15, 0.2) is 0 Å². The maximum Gasteiger partial charge on any atom is 0.490 e. The number of nitrogens with two attached hydrogens (primary N) is 2. The Kier molecular flexibility index (Phi) is 8.54. The second-order valence-electron chi connectivity index (χ2n) is 6.03. The third kappa shape index (κ3) is 7.55. The van der Waals surface area contributed by atoms with Gasteiger partial charge in [-0.3, -0.25) is 13.9 Å². The number of nitrogens with zero attached hydrogens (tertiary/aromatic N) is 2. The van der Waals surface area contributed by atoms with E-state index in [0.29, 0.717) is 0 Å². The summed E-state index contributed by atoms with van der Waals surface area (Å²) >= 11 is 0. The van der Waals surface area contributed by atoms with Gasteiger partial charge < -0.3 is 30.0 Å². The predicted octanol–water partition coefficient (Wildman–Crippen LogP) is -0.913. The first-order valence-electron chi connectivity index (χ1n) is 8.27. The van der Waals surface area contributed by atoms with E-state index in [-0.39, 0.29) is 17.8 Å². The van der Waals surface area contributed by atoms with Gasteiger partial charge >= 0.3 is 29.2 Å². The number of ether oxygens (including phenoxy) is 1. The maximum atomic E-state index is 12.2. The van der Waals surface area contributed by atoms with E-state index in [1.54, 1.807) is 0 Å². The lowest BCUT2D eigenvalue weighted by Gasteiger charge is -2.20. The molecule has 0 amide bonds. The largest absolute Gasteiger partial charge is 0.490 e. The van der Waals surface area contributed by atoms with Crippen LogP contribution in [0.4, 0.5) is 5.82 Å². The normalized spacial score (nSPS) is 24.9. The van der Waals surface area contributed by atoms with Crippen LogP contribution < -0.4 is 17.3 Å². The molecule has 0 aliphatic carbocycles. The highest BCUT2D eigenvalue weighted by Gasteiger charge is 2.43. The van der Waals surface area contributed by atoms with Crippen LogP contribution in [0.2, 0.25) is 0 Å². The minimum absolute atomic E-state index is 0.0502. The van der Waals surface area contributed by atoms with Crippen LogP contribution in [0.3, 0.4) is 0 Å². The molecule has 3 unspecified atom stereocenters. The second kappa shape index (κ2) is 10.2. The molecule has 20 heteroatoms. The molecular weight excluding hydrogens is 501 g/mol. The van der Waals surface area contributed by atoms with Gasteiger partial charge in [0.05, 0.1) is 12.2 Å². The first-order chi connectivity index (χ1) is 14.7. The monoisotopic (exact) mass is 520 g/mol. The molecule has 0 aromatic carbocycles. The average Bonchev–Trinajstić information content (AvgIpc) is 3.02. The summed E-state index contributed by atoms with van der Waals surface area (Å²) in [4.78, 5) is 56.2. The lowest BCUT2D eigenvalue weighted by Crippen LogP contribution is -2.31. The Morgan fingerprint density at radius 2 is 1.91 bits per heavy atom. The molecular formula is C12H19N4O13P3.